The Kier molecular flexibility index (Phi) is 6.08. The van der Waals surface area contributed by atoms with E-state index < -0.39 is 0 Å². The van der Waals surface area contributed by atoms with Crippen molar-refractivity contribution in [3.05, 3.63) is 48.0 Å². The number of benzene rings is 2. The fourth-order valence-electron chi connectivity index (χ4n) is 3.85. The first kappa shape index (κ1) is 20.7. The number of rotatable bonds is 3. The Labute approximate surface area is 175 Å². The smallest absolute Gasteiger partial charge is 0.244 e. The fraction of sp³-hybridized carbons (Fsp3) is 0.286. The Morgan fingerprint density at radius 2 is 1.66 bits per heavy atom. The zero-order chi connectivity index (χ0) is 19.7. The van der Waals surface area contributed by atoms with Gasteiger partial charge in [-0.2, -0.15) is 0 Å². The molecule has 7 nitrogen and oxygen atoms in total. The average Bonchev–Trinajstić information content (AvgIpc) is 2.71. The van der Waals surface area contributed by atoms with Crippen LogP contribution in [0.4, 0.5) is 22.7 Å². The average molecular weight is 415 g/mol. The highest BCUT2D eigenvalue weighted by molar-refractivity contribution is 6.10. The summed E-state index contributed by atoms with van der Waals surface area (Å²) in [6.07, 6.45) is 1.84. The first-order chi connectivity index (χ1) is 13.5. The number of nitrogens with one attached hydrogen (secondary N) is 1. The van der Waals surface area contributed by atoms with Crippen LogP contribution in [0.2, 0.25) is 0 Å². The summed E-state index contributed by atoms with van der Waals surface area (Å²) in [5.74, 6) is -0.575. The van der Waals surface area contributed by atoms with Crippen LogP contribution in [0.5, 0.6) is 0 Å². The minimum absolute atomic E-state index is 0. The summed E-state index contributed by atoms with van der Waals surface area (Å²) < 4.78 is 0. The molecule has 0 bridgehead atoms. The molecule has 0 unspecified atom stereocenters. The molecular weight excluding hydrogens is 392 g/mol. The van der Waals surface area contributed by atoms with E-state index in [2.05, 4.69) is 5.32 Å². The standard InChI is InChI=1S/C21H22N4O3.ClH/c22-15-6-3-9-17-14(15)5-4-12-24(17)20(27)10-11-21(28)25-13-19(26)23-16-7-1-2-8-18(16)25;/h1-3,6-9H,4-5,10-13,22H2,(H,23,26);1H. The number of nitrogen functional groups attached to an aromatic ring is 1. The summed E-state index contributed by atoms with van der Waals surface area (Å²) in [4.78, 5) is 40.6. The molecule has 2 aromatic carbocycles. The predicted molar refractivity (Wildman–Crippen MR) is 115 cm³/mol. The summed E-state index contributed by atoms with van der Waals surface area (Å²) in [5, 5.41) is 2.76. The summed E-state index contributed by atoms with van der Waals surface area (Å²) in [7, 11) is 0. The highest BCUT2D eigenvalue weighted by Gasteiger charge is 2.28. The topological polar surface area (TPSA) is 95.7 Å². The number of fused-ring (bicyclic) bond motifs is 2. The molecule has 0 aromatic heterocycles. The van der Waals surface area contributed by atoms with Gasteiger partial charge in [0.2, 0.25) is 17.7 Å². The van der Waals surface area contributed by atoms with Gasteiger partial charge in [-0.25, -0.2) is 0 Å². The lowest BCUT2D eigenvalue weighted by Crippen LogP contribution is -2.43. The van der Waals surface area contributed by atoms with E-state index in [1.54, 1.807) is 23.1 Å². The molecular formula is C21H23ClN4O3. The molecule has 0 fully saturated rings. The highest BCUT2D eigenvalue weighted by atomic mass is 35.5. The van der Waals surface area contributed by atoms with Crippen molar-refractivity contribution in [2.24, 2.45) is 0 Å². The lowest BCUT2D eigenvalue weighted by Gasteiger charge is -2.31. The third-order valence-electron chi connectivity index (χ3n) is 5.21. The molecule has 0 aliphatic carbocycles. The molecule has 2 heterocycles. The van der Waals surface area contributed by atoms with Crippen molar-refractivity contribution in [3.63, 3.8) is 0 Å². The Hall–Kier alpha value is -3.06. The van der Waals surface area contributed by atoms with Gasteiger partial charge < -0.3 is 20.9 Å². The van der Waals surface area contributed by atoms with Crippen LogP contribution in [0.1, 0.15) is 24.8 Å². The van der Waals surface area contributed by atoms with Crippen LogP contribution >= 0.6 is 12.4 Å². The second kappa shape index (κ2) is 8.53. The van der Waals surface area contributed by atoms with Gasteiger partial charge in [-0.15, -0.1) is 12.4 Å². The minimum Gasteiger partial charge on any atom is -0.398 e. The number of para-hydroxylation sites is 2. The van der Waals surface area contributed by atoms with E-state index in [-0.39, 0.29) is 49.5 Å². The molecule has 3 N–H and O–H groups in total. The summed E-state index contributed by atoms with van der Waals surface area (Å²) in [6, 6.07) is 12.7. The molecule has 0 atom stereocenters. The number of anilines is 4. The van der Waals surface area contributed by atoms with E-state index in [1.807, 2.05) is 24.3 Å². The quantitative estimate of drug-likeness (QED) is 0.755. The van der Waals surface area contributed by atoms with Crippen molar-refractivity contribution in [3.8, 4) is 0 Å². The number of hydrogen-bond acceptors (Lipinski definition) is 4. The third kappa shape index (κ3) is 4.05. The minimum atomic E-state index is -0.237. The normalized spacial score (nSPS) is 15.0. The third-order valence-corrected chi connectivity index (χ3v) is 5.21. The Morgan fingerprint density at radius 1 is 0.966 bits per heavy atom. The molecule has 29 heavy (non-hydrogen) atoms. The number of carbonyl (C=O) groups is 3. The number of nitrogens with two attached hydrogens (primary N) is 1. The molecule has 2 aliphatic rings. The van der Waals surface area contributed by atoms with Crippen LogP contribution in [0.3, 0.4) is 0 Å². The number of nitrogens with zero attached hydrogens (tertiary/aromatic N) is 2. The van der Waals surface area contributed by atoms with Gasteiger partial charge >= 0.3 is 0 Å². The fourth-order valence-corrected chi connectivity index (χ4v) is 3.85. The van der Waals surface area contributed by atoms with Crippen LogP contribution in [0.25, 0.3) is 0 Å². The molecule has 8 heteroatoms. The van der Waals surface area contributed by atoms with Gasteiger partial charge in [0.1, 0.15) is 6.54 Å². The first-order valence-electron chi connectivity index (χ1n) is 9.41. The summed E-state index contributed by atoms with van der Waals surface area (Å²) in [6.45, 7) is 0.589. The Morgan fingerprint density at radius 3 is 2.45 bits per heavy atom. The van der Waals surface area contributed by atoms with Crippen molar-refractivity contribution in [2.45, 2.75) is 25.7 Å². The van der Waals surface area contributed by atoms with Crippen molar-refractivity contribution in [1.82, 2.24) is 0 Å². The zero-order valence-corrected chi connectivity index (χ0v) is 16.7. The SMILES string of the molecule is Cl.Nc1cccc2c1CCCN2C(=O)CCC(=O)N1CC(=O)Nc2ccccc21. The predicted octanol–water partition coefficient (Wildman–Crippen LogP) is 2.74. The van der Waals surface area contributed by atoms with E-state index in [9.17, 15) is 14.4 Å². The van der Waals surface area contributed by atoms with Gasteiger partial charge in [0.25, 0.3) is 0 Å². The second-order valence-corrected chi connectivity index (χ2v) is 7.04. The van der Waals surface area contributed by atoms with Crippen LogP contribution in [0.15, 0.2) is 42.5 Å². The maximum atomic E-state index is 12.8. The van der Waals surface area contributed by atoms with Crippen molar-refractivity contribution in [1.29, 1.82) is 0 Å². The van der Waals surface area contributed by atoms with Crippen molar-refractivity contribution >= 4 is 52.9 Å². The second-order valence-electron chi connectivity index (χ2n) is 7.04. The first-order valence-corrected chi connectivity index (χ1v) is 9.41. The molecule has 0 saturated carbocycles. The molecule has 0 spiro atoms. The number of hydrogen-bond donors (Lipinski definition) is 2. The molecule has 2 aromatic rings. The van der Waals surface area contributed by atoms with Crippen LogP contribution in [-0.4, -0.2) is 30.8 Å². The Balaban J connectivity index is 0.00000240. The van der Waals surface area contributed by atoms with Crippen LogP contribution < -0.4 is 20.9 Å². The van der Waals surface area contributed by atoms with Crippen molar-refractivity contribution < 1.29 is 14.4 Å². The maximum Gasteiger partial charge on any atom is 0.244 e. The summed E-state index contributed by atoms with van der Waals surface area (Å²) in [5.41, 5.74) is 9.85. The monoisotopic (exact) mass is 414 g/mol. The molecule has 3 amide bonds. The molecule has 0 saturated heterocycles. The van der Waals surface area contributed by atoms with E-state index in [1.165, 1.54) is 4.90 Å². The number of halogens is 1. The van der Waals surface area contributed by atoms with E-state index >= 15 is 0 Å². The lowest BCUT2D eigenvalue weighted by atomic mass is 9.99. The van der Waals surface area contributed by atoms with Crippen LogP contribution in [0, 0.1) is 0 Å². The van der Waals surface area contributed by atoms with Gasteiger partial charge in [-0.05, 0) is 42.7 Å². The van der Waals surface area contributed by atoms with Crippen molar-refractivity contribution in [2.75, 3.05) is 33.9 Å². The zero-order valence-electron chi connectivity index (χ0n) is 15.9. The van der Waals surface area contributed by atoms with Gasteiger partial charge in [-0.3, -0.25) is 14.4 Å². The maximum absolute atomic E-state index is 12.8. The summed E-state index contributed by atoms with van der Waals surface area (Å²) >= 11 is 0. The van der Waals surface area contributed by atoms with Gasteiger partial charge in [0.05, 0.1) is 11.4 Å². The van der Waals surface area contributed by atoms with Gasteiger partial charge in [0, 0.05) is 30.8 Å². The van der Waals surface area contributed by atoms with E-state index in [0.29, 0.717) is 23.6 Å². The van der Waals surface area contributed by atoms with Crippen LogP contribution in [-0.2, 0) is 20.8 Å². The molecule has 0 radical (unpaired) electrons. The van der Waals surface area contributed by atoms with Gasteiger partial charge in [0.15, 0.2) is 0 Å². The molecule has 2 aliphatic heterocycles. The van der Waals surface area contributed by atoms with E-state index in [4.69, 9.17) is 5.73 Å². The largest absolute Gasteiger partial charge is 0.398 e. The van der Waals surface area contributed by atoms with Gasteiger partial charge in [-0.1, -0.05) is 18.2 Å². The number of amides is 3. The molecule has 4 rings (SSSR count). The molecule has 152 valence electrons. The highest BCUT2D eigenvalue weighted by Crippen LogP contribution is 2.32. The Bertz CT molecular complexity index is 963. The van der Waals surface area contributed by atoms with E-state index in [0.717, 1.165) is 24.1 Å². The lowest BCUT2D eigenvalue weighted by molar-refractivity contribution is -0.124. The number of carbonyl (C=O) groups excluding carboxylic acids is 3.